The van der Waals surface area contributed by atoms with Crippen molar-refractivity contribution in [2.45, 2.75) is 54.0 Å². The first-order chi connectivity index (χ1) is 9.85. The standard InChI is InChI=1S/C18H33N3/c1-12(2)16(13(3)4)11-20-18-9-15(10-19-7)8-17(21-18)14(5)6/h8-9,12-14,16,19H,10-11H2,1-7H3,(H,20,21). The summed E-state index contributed by atoms with van der Waals surface area (Å²) >= 11 is 0. The lowest BCUT2D eigenvalue weighted by atomic mass is 9.85. The van der Waals surface area contributed by atoms with E-state index in [1.807, 2.05) is 7.05 Å². The van der Waals surface area contributed by atoms with Crippen molar-refractivity contribution in [1.82, 2.24) is 10.3 Å². The molecule has 0 saturated heterocycles. The topological polar surface area (TPSA) is 37.0 Å². The molecule has 0 bridgehead atoms. The van der Waals surface area contributed by atoms with Crippen molar-refractivity contribution >= 4 is 5.82 Å². The Balaban J connectivity index is 2.86. The van der Waals surface area contributed by atoms with Crippen molar-refractivity contribution in [3.63, 3.8) is 0 Å². The SMILES string of the molecule is CNCc1cc(NCC(C(C)C)C(C)C)nc(C(C)C)c1. The van der Waals surface area contributed by atoms with E-state index in [1.165, 1.54) is 5.56 Å². The highest BCUT2D eigenvalue weighted by atomic mass is 15.0. The minimum absolute atomic E-state index is 0.452. The Hall–Kier alpha value is -1.09. The molecule has 1 aromatic heterocycles. The Morgan fingerprint density at radius 2 is 1.62 bits per heavy atom. The third kappa shape index (κ3) is 5.66. The number of nitrogens with zero attached hydrogens (tertiary/aromatic N) is 1. The minimum Gasteiger partial charge on any atom is -0.370 e. The predicted molar refractivity (Wildman–Crippen MR) is 92.7 cm³/mol. The fourth-order valence-electron chi connectivity index (χ4n) is 2.77. The summed E-state index contributed by atoms with van der Waals surface area (Å²) in [5, 5.41) is 6.79. The fourth-order valence-corrected chi connectivity index (χ4v) is 2.77. The lowest BCUT2D eigenvalue weighted by molar-refractivity contribution is 0.304. The largest absolute Gasteiger partial charge is 0.370 e. The van der Waals surface area contributed by atoms with Crippen molar-refractivity contribution < 1.29 is 0 Å². The van der Waals surface area contributed by atoms with Crippen LogP contribution in [0.5, 0.6) is 0 Å². The fraction of sp³-hybridized carbons (Fsp3) is 0.722. The molecule has 0 aliphatic heterocycles. The molecule has 0 spiro atoms. The third-order valence-electron chi connectivity index (χ3n) is 4.11. The average molecular weight is 291 g/mol. The molecule has 120 valence electrons. The van der Waals surface area contributed by atoms with Crippen LogP contribution in [0.4, 0.5) is 5.82 Å². The van der Waals surface area contributed by atoms with Crippen LogP contribution in [0.25, 0.3) is 0 Å². The van der Waals surface area contributed by atoms with Gasteiger partial charge in [-0.15, -0.1) is 0 Å². The van der Waals surface area contributed by atoms with Crippen LogP contribution >= 0.6 is 0 Å². The second kappa shape index (κ2) is 8.38. The zero-order valence-corrected chi connectivity index (χ0v) is 14.8. The Kier molecular flexibility index (Phi) is 7.16. The van der Waals surface area contributed by atoms with Gasteiger partial charge < -0.3 is 10.6 Å². The number of nitrogens with one attached hydrogen (secondary N) is 2. The molecule has 1 aromatic rings. The van der Waals surface area contributed by atoms with Gasteiger partial charge >= 0.3 is 0 Å². The molecule has 1 heterocycles. The molecule has 0 atom stereocenters. The van der Waals surface area contributed by atoms with Crippen LogP contribution in [-0.2, 0) is 6.54 Å². The minimum atomic E-state index is 0.452. The van der Waals surface area contributed by atoms with Crippen LogP contribution in [0.3, 0.4) is 0 Å². The number of rotatable bonds is 8. The van der Waals surface area contributed by atoms with Crippen molar-refractivity contribution in [2.24, 2.45) is 17.8 Å². The maximum absolute atomic E-state index is 4.77. The van der Waals surface area contributed by atoms with Crippen LogP contribution in [0.1, 0.15) is 58.7 Å². The van der Waals surface area contributed by atoms with Gasteiger partial charge in [0.15, 0.2) is 0 Å². The summed E-state index contributed by atoms with van der Waals surface area (Å²) in [6, 6.07) is 4.37. The van der Waals surface area contributed by atoms with E-state index in [2.05, 4.69) is 64.3 Å². The molecule has 0 amide bonds. The monoisotopic (exact) mass is 291 g/mol. The average Bonchev–Trinajstić information content (AvgIpc) is 2.38. The lowest BCUT2D eigenvalue weighted by Gasteiger charge is -2.25. The van der Waals surface area contributed by atoms with E-state index in [-0.39, 0.29) is 0 Å². The number of aromatic nitrogens is 1. The van der Waals surface area contributed by atoms with Crippen LogP contribution in [0, 0.1) is 17.8 Å². The van der Waals surface area contributed by atoms with E-state index < -0.39 is 0 Å². The first-order valence-corrected chi connectivity index (χ1v) is 8.24. The van der Waals surface area contributed by atoms with Gasteiger partial charge in [0.05, 0.1) is 0 Å². The number of hydrogen-bond acceptors (Lipinski definition) is 3. The van der Waals surface area contributed by atoms with Crippen LogP contribution in [0.15, 0.2) is 12.1 Å². The van der Waals surface area contributed by atoms with Gasteiger partial charge in [0.25, 0.3) is 0 Å². The summed E-state index contributed by atoms with van der Waals surface area (Å²) in [5.41, 5.74) is 2.46. The van der Waals surface area contributed by atoms with E-state index >= 15 is 0 Å². The van der Waals surface area contributed by atoms with E-state index in [4.69, 9.17) is 4.98 Å². The number of hydrogen-bond donors (Lipinski definition) is 2. The Labute approximate surface area is 130 Å². The molecule has 21 heavy (non-hydrogen) atoms. The maximum atomic E-state index is 4.77. The maximum Gasteiger partial charge on any atom is 0.126 e. The van der Waals surface area contributed by atoms with Gasteiger partial charge in [-0.05, 0) is 48.4 Å². The molecule has 0 aliphatic carbocycles. The molecule has 0 fully saturated rings. The molecule has 1 rings (SSSR count). The molecule has 3 nitrogen and oxygen atoms in total. The molecular formula is C18H33N3. The summed E-state index contributed by atoms with van der Waals surface area (Å²) in [6.07, 6.45) is 0. The Bertz CT molecular complexity index is 416. The van der Waals surface area contributed by atoms with Crippen molar-refractivity contribution in [1.29, 1.82) is 0 Å². The van der Waals surface area contributed by atoms with Crippen molar-refractivity contribution in [3.05, 3.63) is 23.4 Å². The zero-order valence-electron chi connectivity index (χ0n) is 14.8. The lowest BCUT2D eigenvalue weighted by Crippen LogP contribution is -2.25. The highest BCUT2D eigenvalue weighted by Gasteiger charge is 2.17. The summed E-state index contributed by atoms with van der Waals surface area (Å²) < 4.78 is 0. The van der Waals surface area contributed by atoms with E-state index in [9.17, 15) is 0 Å². The van der Waals surface area contributed by atoms with Gasteiger partial charge in [-0.3, -0.25) is 0 Å². The normalized spacial score (nSPS) is 12.0. The van der Waals surface area contributed by atoms with Crippen LogP contribution in [-0.4, -0.2) is 18.6 Å². The molecule has 0 aliphatic rings. The van der Waals surface area contributed by atoms with Crippen LogP contribution in [0.2, 0.25) is 0 Å². The van der Waals surface area contributed by atoms with Gasteiger partial charge in [-0.25, -0.2) is 4.98 Å². The molecule has 0 unspecified atom stereocenters. The zero-order chi connectivity index (χ0) is 16.0. The van der Waals surface area contributed by atoms with Crippen molar-refractivity contribution in [2.75, 3.05) is 18.9 Å². The van der Waals surface area contributed by atoms with Gasteiger partial charge in [-0.1, -0.05) is 41.5 Å². The molecule has 0 saturated carbocycles. The molecular weight excluding hydrogens is 258 g/mol. The van der Waals surface area contributed by atoms with E-state index in [0.717, 1.165) is 24.6 Å². The van der Waals surface area contributed by atoms with E-state index in [0.29, 0.717) is 23.7 Å². The summed E-state index contributed by atoms with van der Waals surface area (Å²) in [5.74, 6) is 3.50. The summed E-state index contributed by atoms with van der Waals surface area (Å²) in [6.45, 7) is 15.5. The molecule has 2 N–H and O–H groups in total. The highest BCUT2D eigenvalue weighted by Crippen LogP contribution is 2.22. The number of pyridine rings is 1. The van der Waals surface area contributed by atoms with Gasteiger partial charge in [0, 0.05) is 18.8 Å². The summed E-state index contributed by atoms with van der Waals surface area (Å²) in [7, 11) is 1.98. The van der Waals surface area contributed by atoms with Gasteiger partial charge in [-0.2, -0.15) is 0 Å². The summed E-state index contributed by atoms with van der Waals surface area (Å²) in [4.78, 5) is 4.77. The molecule has 0 aromatic carbocycles. The third-order valence-corrected chi connectivity index (χ3v) is 4.11. The van der Waals surface area contributed by atoms with E-state index in [1.54, 1.807) is 0 Å². The quantitative estimate of drug-likeness (QED) is 0.751. The van der Waals surface area contributed by atoms with Gasteiger partial charge in [0.2, 0.25) is 0 Å². The molecule has 3 heteroatoms. The predicted octanol–water partition coefficient (Wildman–Crippen LogP) is 4.26. The Morgan fingerprint density at radius 3 is 2.10 bits per heavy atom. The van der Waals surface area contributed by atoms with Gasteiger partial charge in [0.1, 0.15) is 5.82 Å². The first-order valence-electron chi connectivity index (χ1n) is 8.24. The van der Waals surface area contributed by atoms with Crippen molar-refractivity contribution in [3.8, 4) is 0 Å². The highest BCUT2D eigenvalue weighted by molar-refractivity contribution is 5.40. The molecule has 0 radical (unpaired) electrons. The second-order valence-corrected chi connectivity index (χ2v) is 7.00. The Morgan fingerprint density at radius 1 is 1.00 bits per heavy atom. The first kappa shape index (κ1) is 18.0. The number of anilines is 1. The van der Waals surface area contributed by atoms with Crippen LogP contribution < -0.4 is 10.6 Å². The second-order valence-electron chi connectivity index (χ2n) is 7.00. The smallest absolute Gasteiger partial charge is 0.126 e.